The standard InChI is InChI=1S/C15H23Cl2NO/c1-4-18(5-2)8-6-7-9-19-15-12(3)10-13(16)11-14(15)17/h10-11H,4-9H2,1-3H3. The molecule has 0 aliphatic rings. The summed E-state index contributed by atoms with van der Waals surface area (Å²) in [5, 5.41) is 1.24. The maximum Gasteiger partial charge on any atom is 0.140 e. The molecule has 19 heavy (non-hydrogen) atoms. The summed E-state index contributed by atoms with van der Waals surface area (Å²) < 4.78 is 5.76. The molecule has 0 radical (unpaired) electrons. The lowest BCUT2D eigenvalue weighted by Gasteiger charge is -2.17. The van der Waals surface area contributed by atoms with Crippen LogP contribution < -0.4 is 4.74 Å². The third-order valence-electron chi connectivity index (χ3n) is 3.20. The van der Waals surface area contributed by atoms with Crippen LogP contribution in [0.3, 0.4) is 0 Å². The number of ether oxygens (including phenoxy) is 1. The molecule has 108 valence electrons. The molecule has 0 atom stereocenters. The molecule has 0 fully saturated rings. The minimum Gasteiger partial charge on any atom is -0.492 e. The molecule has 2 nitrogen and oxygen atoms in total. The average molecular weight is 304 g/mol. The Kier molecular flexibility index (Phi) is 7.59. The number of aryl methyl sites for hydroxylation is 1. The van der Waals surface area contributed by atoms with Crippen molar-refractivity contribution < 1.29 is 4.74 Å². The van der Waals surface area contributed by atoms with Gasteiger partial charge < -0.3 is 9.64 Å². The molecule has 0 bridgehead atoms. The van der Waals surface area contributed by atoms with Crippen LogP contribution in [-0.4, -0.2) is 31.1 Å². The van der Waals surface area contributed by atoms with E-state index in [4.69, 9.17) is 27.9 Å². The van der Waals surface area contributed by atoms with Gasteiger partial charge in [0.1, 0.15) is 5.75 Å². The summed E-state index contributed by atoms with van der Waals surface area (Å²) in [6.07, 6.45) is 2.18. The molecule has 0 saturated carbocycles. The Morgan fingerprint density at radius 1 is 1.11 bits per heavy atom. The first-order valence-corrected chi connectivity index (χ1v) is 7.64. The molecule has 0 heterocycles. The van der Waals surface area contributed by atoms with Crippen LogP contribution in [0, 0.1) is 6.92 Å². The highest BCUT2D eigenvalue weighted by molar-refractivity contribution is 6.35. The van der Waals surface area contributed by atoms with Crippen molar-refractivity contribution in [3.63, 3.8) is 0 Å². The Balaban J connectivity index is 2.34. The molecule has 4 heteroatoms. The number of nitrogens with zero attached hydrogens (tertiary/aromatic N) is 1. The largest absolute Gasteiger partial charge is 0.492 e. The third kappa shape index (κ3) is 5.60. The number of rotatable bonds is 8. The second-order valence-electron chi connectivity index (χ2n) is 4.62. The maximum atomic E-state index is 6.13. The highest BCUT2D eigenvalue weighted by atomic mass is 35.5. The van der Waals surface area contributed by atoms with E-state index in [2.05, 4.69) is 18.7 Å². The van der Waals surface area contributed by atoms with E-state index in [9.17, 15) is 0 Å². The first-order valence-electron chi connectivity index (χ1n) is 6.89. The normalized spacial score (nSPS) is 11.1. The molecule has 0 aliphatic carbocycles. The Morgan fingerprint density at radius 3 is 2.37 bits per heavy atom. The van der Waals surface area contributed by atoms with E-state index in [-0.39, 0.29) is 0 Å². The van der Waals surface area contributed by atoms with Crippen LogP contribution in [0.2, 0.25) is 10.0 Å². The molecule has 0 aliphatic heterocycles. The SMILES string of the molecule is CCN(CC)CCCCOc1c(C)cc(Cl)cc1Cl. The molecule has 1 aromatic carbocycles. The second-order valence-corrected chi connectivity index (χ2v) is 5.46. The number of hydrogen-bond donors (Lipinski definition) is 0. The van der Waals surface area contributed by atoms with E-state index in [1.807, 2.05) is 13.0 Å². The summed E-state index contributed by atoms with van der Waals surface area (Å²) in [6, 6.07) is 3.60. The van der Waals surface area contributed by atoms with Gasteiger partial charge in [0, 0.05) is 5.02 Å². The fraction of sp³-hybridized carbons (Fsp3) is 0.600. The predicted octanol–water partition coefficient (Wildman–Crippen LogP) is 4.80. The summed E-state index contributed by atoms with van der Waals surface area (Å²) in [5.41, 5.74) is 0.987. The lowest BCUT2D eigenvalue weighted by atomic mass is 10.2. The smallest absolute Gasteiger partial charge is 0.140 e. The molecule has 0 amide bonds. The van der Waals surface area contributed by atoms with E-state index >= 15 is 0 Å². The van der Waals surface area contributed by atoms with Gasteiger partial charge in [0.15, 0.2) is 0 Å². The highest BCUT2D eigenvalue weighted by Crippen LogP contribution is 2.31. The van der Waals surface area contributed by atoms with Crippen molar-refractivity contribution >= 4 is 23.2 Å². The summed E-state index contributed by atoms with van der Waals surface area (Å²) >= 11 is 12.1. The molecule has 0 saturated heterocycles. The van der Waals surface area contributed by atoms with Crippen molar-refractivity contribution in [2.45, 2.75) is 33.6 Å². The molecular formula is C15H23Cl2NO. The zero-order valence-electron chi connectivity index (χ0n) is 12.0. The minimum absolute atomic E-state index is 0.591. The fourth-order valence-electron chi connectivity index (χ4n) is 2.02. The van der Waals surface area contributed by atoms with Gasteiger partial charge in [-0.1, -0.05) is 37.0 Å². The first kappa shape index (κ1) is 16.6. The van der Waals surface area contributed by atoms with Crippen molar-refractivity contribution in [1.82, 2.24) is 4.90 Å². The van der Waals surface area contributed by atoms with E-state index in [0.29, 0.717) is 16.7 Å². The number of hydrogen-bond acceptors (Lipinski definition) is 2. The van der Waals surface area contributed by atoms with Gasteiger partial charge in [-0.2, -0.15) is 0 Å². The van der Waals surface area contributed by atoms with Crippen LogP contribution in [0.25, 0.3) is 0 Å². The quantitative estimate of drug-likeness (QED) is 0.639. The van der Waals surface area contributed by atoms with E-state index in [1.54, 1.807) is 6.07 Å². The van der Waals surface area contributed by atoms with Gasteiger partial charge in [-0.25, -0.2) is 0 Å². The Hall–Kier alpha value is -0.440. The lowest BCUT2D eigenvalue weighted by molar-refractivity contribution is 0.265. The maximum absolute atomic E-state index is 6.13. The van der Waals surface area contributed by atoms with Crippen LogP contribution in [0.4, 0.5) is 0 Å². The molecule has 1 rings (SSSR count). The van der Waals surface area contributed by atoms with Crippen LogP contribution >= 0.6 is 23.2 Å². The van der Waals surface area contributed by atoms with Gasteiger partial charge >= 0.3 is 0 Å². The lowest BCUT2D eigenvalue weighted by Crippen LogP contribution is -2.24. The van der Waals surface area contributed by atoms with Gasteiger partial charge in [0.2, 0.25) is 0 Å². The summed E-state index contributed by atoms with van der Waals surface area (Å²) in [4.78, 5) is 2.42. The molecule has 0 unspecified atom stereocenters. The van der Waals surface area contributed by atoms with Crippen molar-refractivity contribution in [2.75, 3.05) is 26.2 Å². The fourth-order valence-corrected chi connectivity index (χ4v) is 2.67. The number of unbranched alkanes of at least 4 members (excludes halogenated alkanes) is 1. The van der Waals surface area contributed by atoms with Gasteiger partial charge in [-0.05, 0) is 57.1 Å². The number of halogens is 2. The van der Waals surface area contributed by atoms with Crippen LogP contribution in [0.1, 0.15) is 32.3 Å². The van der Waals surface area contributed by atoms with E-state index < -0.39 is 0 Å². The molecule has 1 aromatic rings. The Labute approximate surface area is 126 Å². The van der Waals surface area contributed by atoms with Crippen LogP contribution in [0.5, 0.6) is 5.75 Å². The molecule has 0 aromatic heterocycles. The van der Waals surface area contributed by atoms with Gasteiger partial charge in [0.25, 0.3) is 0 Å². The summed E-state index contributed by atoms with van der Waals surface area (Å²) in [7, 11) is 0. The Morgan fingerprint density at radius 2 is 1.79 bits per heavy atom. The minimum atomic E-state index is 0.591. The monoisotopic (exact) mass is 303 g/mol. The summed E-state index contributed by atoms with van der Waals surface area (Å²) in [6.45, 7) is 10.4. The molecule has 0 spiro atoms. The van der Waals surface area contributed by atoms with E-state index in [1.165, 1.54) is 0 Å². The second kappa shape index (κ2) is 8.68. The zero-order chi connectivity index (χ0) is 14.3. The highest BCUT2D eigenvalue weighted by Gasteiger charge is 2.07. The van der Waals surface area contributed by atoms with Crippen molar-refractivity contribution in [3.8, 4) is 5.75 Å². The van der Waals surface area contributed by atoms with Crippen LogP contribution in [0.15, 0.2) is 12.1 Å². The zero-order valence-corrected chi connectivity index (χ0v) is 13.5. The summed E-state index contributed by atoms with van der Waals surface area (Å²) in [5.74, 6) is 0.758. The van der Waals surface area contributed by atoms with Gasteiger partial charge in [0.05, 0.1) is 11.6 Å². The topological polar surface area (TPSA) is 12.5 Å². The van der Waals surface area contributed by atoms with Gasteiger partial charge in [-0.3, -0.25) is 0 Å². The third-order valence-corrected chi connectivity index (χ3v) is 3.70. The van der Waals surface area contributed by atoms with Crippen LogP contribution in [-0.2, 0) is 0 Å². The van der Waals surface area contributed by atoms with Crippen molar-refractivity contribution in [2.24, 2.45) is 0 Å². The van der Waals surface area contributed by atoms with Crippen molar-refractivity contribution in [1.29, 1.82) is 0 Å². The molecular weight excluding hydrogens is 281 g/mol. The van der Waals surface area contributed by atoms with E-state index in [0.717, 1.165) is 43.8 Å². The van der Waals surface area contributed by atoms with Gasteiger partial charge in [-0.15, -0.1) is 0 Å². The first-order chi connectivity index (χ1) is 9.08. The number of benzene rings is 1. The Bertz CT molecular complexity index is 369. The average Bonchev–Trinajstić information content (AvgIpc) is 2.36. The molecule has 0 N–H and O–H groups in total. The predicted molar refractivity (Wildman–Crippen MR) is 83.7 cm³/mol. The van der Waals surface area contributed by atoms with Crippen molar-refractivity contribution in [3.05, 3.63) is 27.7 Å².